The summed E-state index contributed by atoms with van der Waals surface area (Å²) < 4.78 is 0. The van der Waals surface area contributed by atoms with Gasteiger partial charge in [-0.1, -0.05) is 17.6 Å². The van der Waals surface area contributed by atoms with Gasteiger partial charge < -0.3 is 5.32 Å². The van der Waals surface area contributed by atoms with Gasteiger partial charge in [-0.05, 0) is 18.2 Å². The average Bonchev–Trinajstić information content (AvgIpc) is 2.23. The minimum Gasteiger partial charge on any atom is -0.324 e. The molecular formula is C10H10BN3. The van der Waals surface area contributed by atoms with Crippen LogP contribution in [0.15, 0.2) is 42.7 Å². The van der Waals surface area contributed by atoms with E-state index >= 15 is 0 Å². The second-order valence-electron chi connectivity index (χ2n) is 3.06. The standard InChI is InChI=1S/C10H10BN3/c11-8-2-4-9(5-3-8)14-10-12-6-1-7-13-10/h1-7H,11H2,(H,12,13,14). The predicted octanol–water partition coefficient (Wildman–Crippen LogP) is 0.479. The Hall–Kier alpha value is -1.84. The van der Waals surface area contributed by atoms with Gasteiger partial charge >= 0.3 is 0 Å². The van der Waals surface area contributed by atoms with E-state index in [0.29, 0.717) is 5.95 Å². The summed E-state index contributed by atoms with van der Waals surface area (Å²) >= 11 is 0. The van der Waals surface area contributed by atoms with Gasteiger partial charge in [-0.3, -0.25) is 0 Å². The molecule has 0 aliphatic carbocycles. The fraction of sp³-hybridized carbons (Fsp3) is 0. The lowest BCUT2D eigenvalue weighted by molar-refractivity contribution is 1.17. The van der Waals surface area contributed by atoms with Crippen molar-refractivity contribution in [2.45, 2.75) is 0 Å². The number of aromatic nitrogens is 2. The molecule has 68 valence electrons. The van der Waals surface area contributed by atoms with Crippen LogP contribution in [0.5, 0.6) is 0 Å². The minimum atomic E-state index is 0.622. The monoisotopic (exact) mass is 183 g/mol. The molecule has 0 saturated carbocycles. The van der Waals surface area contributed by atoms with E-state index in [9.17, 15) is 0 Å². The maximum absolute atomic E-state index is 4.07. The highest BCUT2D eigenvalue weighted by atomic mass is 15.1. The Morgan fingerprint density at radius 2 is 1.64 bits per heavy atom. The van der Waals surface area contributed by atoms with Crippen molar-refractivity contribution in [1.82, 2.24) is 9.97 Å². The molecule has 0 spiro atoms. The maximum Gasteiger partial charge on any atom is 0.227 e. The molecule has 0 atom stereocenters. The zero-order valence-corrected chi connectivity index (χ0v) is 7.94. The highest BCUT2D eigenvalue weighted by Gasteiger charge is 1.94. The summed E-state index contributed by atoms with van der Waals surface area (Å²) in [7, 11) is 2.06. The van der Waals surface area contributed by atoms with Gasteiger partial charge in [0.15, 0.2) is 0 Å². The SMILES string of the molecule is Bc1ccc(Nc2ncccn2)cc1. The quantitative estimate of drug-likeness (QED) is 0.688. The van der Waals surface area contributed by atoms with Gasteiger partial charge in [-0.25, -0.2) is 9.97 Å². The van der Waals surface area contributed by atoms with E-state index in [1.54, 1.807) is 18.5 Å². The Morgan fingerprint density at radius 1 is 1.00 bits per heavy atom. The fourth-order valence-corrected chi connectivity index (χ4v) is 1.13. The van der Waals surface area contributed by atoms with Crippen molar-refractivity contribution in [1.29, 1.82) is 0 Å². The van der Waals surface area contributed by atoms with Gasteiger partial charge in [0.25, 0.3) is 0 Å². The van der Waals surface area contributed by atoms with E-state index in [1.165, 1.54) is 5.46 Å². The van der Waals surface area contributed by atoms with Gasteiger partial charge in [-0.15, -0.1) is 0 Å². The predicted molar refractivity (Wildman–Crippen MR) is 59.9 cm³/mol. The highest BCUT2D eigenvalue weighted by Crippen LogP contribution is 2.09. The van der Waals surface area contributed by atoms with Crippen LogP contribution >= 0.6 is 0 Å². The van der Waals surface area contributed by atoms with E-state index in [4.69, 9.17) is 0 Å². The first kappa shape index (κ1) is 8.75. The number of rotatable bonds is 2. The van der Waals surface area contributed by atoms with Crippen molar-refractivity contribution in [2.75, 3.05) is 5.32 Å². The molecule has 0 amide bonds. The lowest BCUT2D eigenvalue weighted by Crippen LogP contribution is -2.01. The maximum atomic E-state index is 4.07. The van der Waals surface area contributed by atoms with Crippen LogP contribution in [0.4, 0.5) is 11.6 Å². The van der Waals surface area contributed by atoms with Gasteiger partial charge in [0.05, 0.1) is 0 Å². The normalized spacial score (nSPS) is 9.71. The average molecular weight is 183 g/mol. The molecule has 4 heteroatoms. The lowest BCUT2D eigenvalue weighted by Gasteiger charge is -2.03. The lowest BCUT2D eigenvalue weighted by atomic mass is 9.96. The van der Waals surface area contributed by atoms with Crippen LogP contribution in [0.2, 0.25) is 0 Å². The molecular weight excluding hydrogens is 173 g/mol. The third kappa shape index (κ3) is 2.10. The van der Waals surface area contributed by atoms with Crippen LogP contribution in [0.3, 0.4) is 0 Å². The molecule has 0 fully saturated rings. The molecule has 1 aromatic carbocycles. The molecule has 1 N–H and O–H groups in total. The molecule has 2 aromatic rings. The molecule has 0 aliphatic heterocycles. The third-order valence-corrected chi connectivity index (χ3v) is 1.87. The Morgan fingerprint density at radius 3 is 2.29 bits per heavy atom. The Balaban J connectivity index is 2.16. The summed E-state index contributed by atoms with van der Waals surface area (Å²) in [6, 6.07) is 9.90. The van der Waals surface area contributed by atoms with Crippen LogP contribution < -0.4 is 10.8 Å². The second-order valence-corrected chi connectivity index (χ2v) is 3.06. The molecule has 0 radical (unpaired) electrons. The number of hydrogen-bond donors (Lipinski definition) is 1. The molecule has 14 heavy (non-hydrogen) atoms. The van der Waals surface area contributed by atoms with Crippen molar-refractivity contribution in [2.24, 2.45) is 0 Å². The van der Waals surface area contributed by atoms with E-state index < -0.39 is 0 Å². The van der Waals surface area contributed by atoms with Crippen LogP contribution in [0.25, 0.3) is 0 Å². The smallest absolute Gasteiger partial charge is 0.227 e. The van der Waals surface area contributed by atoms with Crippen LogP contribution in [-0.4, -0.2) is 17.8 Å². The number of hydrogen-bond acceptors (Lipinski definition) is 3. The van der Waals surface area contributed by atoms with E-state index in [1.807, 2.05) is 24.3 Å². The molecule has 0 bridgehead atoms. The fourth-order valence-electron chi connectivity index (χ4n) is 1.13. The molecule has 0 aliphatic rings. The van der Waals surface area contributed by atoms with Crippen molar-refractivity contribution in [3.8, 4) is 0 Å². The summed E-state index contributed by atoms with van der Waals surface area (Å²) in [5.41, 5.74) is 2.24. The minimum absolute atomic E-state index is 0.622. The van der Waals surface area contributed by atoms with Crippen molar-refractivity contribution < 1.29 is 0 Å². The zero-order valence-electron chi connectivity index (χ0n) is 7.94. The van der Waals surface area contributed by atoms with Gasteiger partial charge in [0, 0.05) is 18.1 Å². The number of benzene rings is 1. The number of nitrogens with zero attached hydrogens (tertiary/aromatic N) is 2. The van der Waals surface area contributed by atoms with Crippen LogP contribution in [0.1, 0.15) is 0 Å². The molecule has 1 aromatic heterocycles. The van der Waals surface area contributed by atoms with Crippen LogP contribution in [-0.2, 0) is 0 Å². The van der Waals surface area contributed by atoms with Gasteiger partial charge in [0.1, 0.15) is 7.85 Å². The summed E-state index contributed by atoms with van der Waals surface area (Å²) in [4.78, 5) is 8.15. The first-order valence-corrected chi connectivity index (χ1v) is 4.45. The summed E-state index contributed by atoms with van der Waals surface area (Å²) in [6.07, 6.45) is 3.42. The highest BCUT2D eigenvalue weighted by molar-refractivity contribution is 6.32. The second kappa shape index (κ2) is 3.92. The van der Waals surface area contributed by atoms with Crippen molar-refractivity contribution in [3.63, 3.8) is 0 Å². The summed E-state index contributed by atoms with van der Waals surface area (Å²) in [6.45, 7) is 0. The van der Waals surface area contributed by atoms with Crippen LogP contribution in [0, 0.1) is 0 Å². The summed E-state index contributed by atoms with van der Waals surface area (Å²) in [5.74, 6) is 0.622. The summed E-state index contributed by atoms with van der Waals surface area (Å²) in [5, 5.41) is 3.11. The molecule has 0 saturated heterocycles. The Bertz CT molecular complexity index is 399. The van der Waals surface area contributed by atoms with Gasteiger partial charge in [-0.2, -0.15) is 0 Å². The molecule has 3 nitrogen and oxygen atoms in total. The first-order valence-electron chi connectivity index (χ1n) is 4.45. The largest absolute Gasteiger partial charge is 0.324 e. The van der Waals surface area contributed by atoms with E-state index in [-0.39, 0.29) is 0 Å². The van der Waals surface area contributed by atoms with Gasteiger partial charge in [0.2, 0.25) is 5.95 Å². The van der Waals surface area contributed by atoms with E-state index in [2.05, 4.69) is 23.1 Å². The Labute approximate surface area is 83.6 Å². The van der Waals surface area contributed by atoms with E-state index in [0.717, 1.165) is 5.69 Å². The first-order chi connectivity index (χ1) is 6.84. The molecule has 1 heterocycles. The Kier molecular flexibility index (Phi) is 2.45. The molecule has 2 rings (SSSR count). The number of nitrogens with one attached hydrogen (secondary N) is 1. The third-order valence-electron chi connectivity index (χ3n) is 1.87. The zero-order chi connectivity index (χ0) is 9.80. The van der Waals surface area contributed by atoms with Crippen molar-refractivity contribution in [3.05, 3.63) is 42.7 Å². The number of anilines is 2. The van der Waals surface area contributed by atoms with Crippen molar-refractivity contribution >= 4 is 24.9 Å². The molecule has 0 unspecified atom stereocenters. The topological polar surface area (TPSA) is 37.8 Å².